The Balaban J connectivity index is 2.41. The summed E-state index contributed by atoms with van der Waals surface area (Å²) in [6, 6.07) is 13.1. The summed E-state index contributed by atoms with van der Waals surface area (Å²) in [7, 11) is -3.75. The molecule has 0 fully saturated rings. The first-order valence-electron chi connectivity index (χ1n) is 10.6. The van der Waals surface area contributed by atoms with Crippen LogP contribution in [-0.2, 0) is 26.2 Å². The Morgan fingerprint density at radius 1 is 1.09 bits per heavy atom. The molecule has 180 valence electrons. The third kappa shape index (κ3) is 8.05. The Kier molecular flexibility index (Phi) is 8.54. The van der Waals surface area contributed by atoms with Gasteiger partial charge in [-0.15, -0.1) is 0 Å². The predicted molar refractivity (Wildman–Crippen MR) is 133 cm³/mol. The van der Waals surface area contributed by atoms with Crippen molar-refractivity contribution in [1.82, 2.24) is 10.2 Å². The van der Waals surface area contributed by atoms with Gasteiger partial charge in [-0.2, -0.15) is 0 Å². The molecule has 0 aromatic heterocycles. The second kappa shape index (κ2) is 10.6. The molecule has 0 spiro atoms. The number of aryl methyl sites for hydroxylation is 1. The molecule has 2 rings (SSSR count). The van der Waals surface area contributed by atoms with Gasteiger partial charge in [0.25, 0.3) is 0 Å². The number of sulfonamides is 1. The minimum absolute atomic E-state index is 0.101. The Morgan fingerprint density at radius 3 is 2.27 bits per heavy atom. The second-order valence-corrected chi connectivity index (χ2v) is 11.5. The molecule has 0 aliphatic heterocycles. The van der Waals surface area contributed by atoms with Crippen LogP contribution in [0.2, 0.25) is 5.02 Å². The number of rotatable bonds is 8. The van der Waals surface area contributed by atoms with Crippen molar-refractivity contribution in [3.63, 3.8) is 0 Å². The first-order chi connectivity index (χ1) is 15.2. The Labute approximate surface area is 201 Å². The third-order valence-corrected chi connectivity index (χ3v) is 6.25. The summed E-state index contributed by atoms with van der Waals surface area (Å²) < 4.78 is 26.2. The lowest BCUT2D eigenvalue weighted by atomic mass is 10.1. The van der Waals surface area contributed by atoms with Crippen molar-refractivity contribution < 1.29 is 18.0 Å². The highest BCUT2D eigenvalue weighted by Gasteiger charge is 2.31. The molecular weight excluding hydrogens is 462 g/mol. The minimum Gasteiger partial charge on any atom is -0.350 e. The van der Waals surface area contributed by atoms with Crippen LogP contribution in [0.4, 0.5) is 5.69 Å². The van der Waals surface area contributed by atoms with Crippen molar-refractivity contribution in [3.05, 3.63) is 64.7 Å². The van der Waals surface area contributed by atoms with Crippen LogP contribution in [-0.4, -0.2) is 49.5 Å². The highest BCUT2D eigenvalue weighted by molar-refractivity contribution is 7.92. The van der Waals surface area contributed by atoms with Crippen LogP contribution < -0.4 is 9.62 Å². The van der Waals surface area contributed by atoms with Crippen LogP contribution >= 0.6 is 11.6 Å². The molecule has 9 heteroatoms. The molecule has 0 bridgehead atoms. The normalized spacial score (nSPS) is 12.7. The molecular formula is C24H32ClN3O4S. The van der Waals surface area contributed by atoms with Gasteiger partial charge in [0.1, 0.15) is 12.6 Å². The first kappa shape index (κ1) is 26.7. The molecule has 0 aliphatic rings. The lowest BCUT2D eigenvalue weighted by molar-refractivity contribution is -0.140. The van der Waals surface area contributed by atoms with Gasteiger partial charge in [-0.3, -0.25) is 13.9 Å². The van der Waals surface area contributed by atoms with Crippen LogP contribution in [0.5, 0.6) is 0 Å². The summed E-state index contributed by atoms with van der Waals surface area (Å²) in [5.41, 5.74) is 1.49. The van der Waals surface area contributed by atoms with Gasteiger partial charge >= 0.3 is 0 Å². The molecule has 2 amide bonds. The Morgan fingerprint density at radius 2 is 1.73 bits per heavy atom. The van der Waals surface area contributed by atoms with E-state index in [-0.39, 0.29) is 12.5 Å². The van der Waals surface area contributed by atoms with Gasteiger partial charge in [-0.1, -0.05) is 35.9 Å². The maximum absolute atomic E-state index is 13.5. The first-order valence-corrected chi connectivity index (χ1v) is 12.8. The molecule has 0 aliphatic carbocycles. The summed E-state index contributed by atoms with van der Waals surface area (Å²) in [5, 5.41) is 3.39. The highest BCUT2D eigenvalue weighted by atomic mass is 35.5. The van der Waals surface area contributed by atoms with E-state index in [0.717, 1.165) is 21.7 Å². The SMILES string of the molecule is Cc1cccc(N(CC(=O)N(Cc2cccc(Cl)c2)[C@H](C)C(=O)NC(C)(C)C)S(C)(=O)=O)c1. The van der Waals surface area contributed by atoms with Crippen LogP contribution in [0.1, 0.15) is 38.8 Å². The minimum atomic E-state index is -3.75. The maximum atomic E-state index is 13.5. The van der Waals surface area contributed by atoms with E-state index in [1.165, 1.54) is 4.90 Å². The number of hydrogen-bond acceptors (Lipinski definition) is 4. The highest BCUT2D eigenvalue weighted by Crippen LogP contribution is 2.21. The van der Waals surface area contributed by atoms with E-state index in [1.54, 1.807) is 49.4 Å². The van der Waals surface area contributed by atoms with E-state index in [0.29, 0.717) is 10.7 Å². The monoisotopic (exact) mass is 493 g/mol. The van der Waals surface area contributed by atoms with Crippen LogP contribution in [0.15, 0.2) is 48.5 Å². The predicted octanol–water partition coefficient (Wildman–Crippen LogP) is 3.75. The topological polar surface area (TPSA) is 86.8 Å². The molecule has 33 heavy (non-hydrogen) atoms. The summed E-state index contributed by atoms with van der Waals surface area (Å²) in [5.74, 6) is -0.835. The van der Waals surface area contributed by atoms with Crippen LogP contribution in [0.25, 0.3) is 0 Å². The number of nitrogens with one attached hydrogen (secondary N) is 1. The van der Waals surface area contributed by atoms with Gasteiger partial charge in [-0.25, -0.2) is 8.42 Å². The Bertz CT molecular complexity index is 1110. The van der Waals surface area contributed by atoms with Crippen molar-refractivity contribution in [2.45, 2.75) is 52.7 Å². The van der Waals surface area contributed by atoms with Crippen LogP contribution in [0.3, 0.4) is 0 Å². The zero-order chi connectivity index (χ0) is 25.0. The van der Waals surface area contributed by atoms with E-state index in [1.807, 2.05) is 33.8 Å². The lowest BCUT2D eigenvalue weighted by Crippen LogP contribution is -2.54. The molecule has 0 unspecified atom stereocenters. The summed E-state index contributed by atoms with van der Waals surface area (Å²) in [6.07, 6.45) is 1.06. The summed E-state index contributed by atoms with van der Waals surface area (Å²) in [6.45, 7) is 8.69. The smallest absolute Gasteiger partial charge is 0.244 e. The van der Waals surface area contributed by atoms with Crippen molar-refractivity contribution in [2.24, 2.45) is 0 Å². The zero-order valence-corrected chi connectivity index (χ0v) is 21.5. The summed E-state index contributed by atoms with van der Waals surface area (Å²) >= 11 is 6.11. The van der Waals surface area contributed by atoms with Gasteiger partial charge in [0.2, 0.25) is 21.8 Å². The number of amides is 2. The number of halogens is 1. The lowest BCUT2D eigenvalue weighted by Gasteiger charge is -2.33. The average Bonchev–Trinajstić information content (AvgIpc) is 2.67. The number of carbonyl (C=O) groups is 2. The van der Waals surface area contributed by atoms with Crippen molar-refractivity contribution in [1.29, 1.82) is 0 Å². The van der Waals surface area contributed by atoms with E-state index in [2.05, 4.69) is 5.32 Å². The van der Waals surface area contributed by atoms with Crippen molar-refractivity contribution >= 4 is 39.1 Å². The molecule has 2 aromatic carbocycles. The van der Waals surface area contributed by atoms with E-state index in [4.69, 9.17) is 11.6 Å². The third-order valence-electron chi connectivity index (χ3n) is 4.88. The van der Waals surface area contributed by atoms with Gasteiger partial charge in [0.15, 0.2) is 0 Å². The Hall–Kier alpha value is -2.58. The molecule has 1 N–H and O–H groups in total. The number of hydrogen-bond donors (Lipinski definition) is 1. The molecule has 0 radical (unpaired) electrons. The molecule has 0 saturated carbocycles. The fraction of sp³-hybridized carbons (Fsp3) is 0.417. The second-order valence-electron chi connectivity index (χ2n) is 9.18. The van der Waals surface area contributed by atoms with Gasteiger partial charge < -0.3 is 10.2 Å². The van der Waals surface area contributed by atoms with E-state index < -0.39 is 34.1 Å². The van der Waals surface area contributed by atoms with E-state index >= 15 is 0 Å². The number of carbonyl (C=O) groups excluding carboxylic acids is 2. The fourth-order valence-corrected chi connectivity index (χ4v) is 4.34. The molecule has 0 saturated heterocycles. The van der Waals surface area contributed by atoms with E-state index in [9.17, 15) is 18.0 Å². The maximum Gasteiger partial charge on any atom is 0.244 e. The standard InChI is InChI=1S/C24H32ClN3O4S/c1-17-9-7-12-21(13-17)28(33(6,31)32)16-22(29)27(15-19-10-8-11-20(25)14-19)18(2)23(30)26-24(3,4)5/h7-14,18H,15-16H2,1-6H3,(H,26,30)/t18-/m1/s1. The largest absolute Gasteiger partial charge is 0.350 e. The van der Waals surface area contributed by atoms with Gasteiger partial charge in [0.05, 0.1) is 11.9 Å². The average molecular weight is 494 g/mol. The summed E-state index contributed by atoms with van der Waals surface area (Å²) in [4.78, 5) is 27.7. The van der Waals surface area contributed by atoms with Gasteiger partial charge in [0, 0.05) is 17.1 Å². The van der Waals surface area contributed by atoms with Crippen LogP contribution in [0, 0.1) is 6.92 Å². The van der Waals surface area contributed by atoms with Gasteiger partial charge in [-0.05, 0) is 70.0 Å². The molecule has 1 atom stereocenters. The number of nitrogens with zero attached hydrogens (tertiary/aromatic N) is 2. The molecule has 0 heterocycles. The van der Waals surface area contributed by atoms with Crippen molar-refractivity contribution in [2.75, 3.05) is 17.1 Å². The zero-order valence-electron chi connectivity index (χ0n) is 19.9. The van der Waals surface area contributed by atoms with Crippen molar-refractivity contribution in [3.8, 4) is 0 Å². The molecule has 2 aromatic rings. The quantitative estimate of drug-likeness (QED) is 0.606. The molecule has 7 nitrogen and oxygen atoms in total. The fourth-order valence-electron chi connectivity index (χ4n) is 3.29. The number of benzene rings is 2. The number of anilines is 1.